The summed E-state index contributed by atoms with van der Waals surface area (Å²) in [6, 6.07) is 7.63. The molecule has 0 aromatic heterocycles. The van der Waals surface area contributed by atoms with Crippen molar-refractivity contribution in [2.45, 2.75) is 52.9 Å². The van der Waals surface area contributed by atoms with Crippen molar-refractivity contribution in [3.63, 3.8) is 0 Å². The highest BCUT2D eigenvalue weighted by molar-refractivity contribution is 6.00. The number of unbranched alkanes of at least 4 members (excludes halogenated alkanes) is 1. The van der Waals surface area contributed by atoms with Crippen LogP contribution in [0.5, 0.6) is 5.75 Å². The molecule has 106 valence electrons. The Kier molecular flexibility index (Phi) is 7.24. The maximum absolute atomic E-state index is 12.6. The van der Waals surface area contributed by atoms with Crippen LogP contribution in [0.4, 0.5) is 0 Å². The quantitative estimate of drug-likeness (QED) is 0.593. The molecule has 19 heavy (non-hydrogen) atoms. The number of rotatable bonds is 9. The summed E-state index contributed by atoms with van der Waals surface area (Å²) in [6.07, 6.45) is 5.09. The van der Waals surface area contributed by atoms with Gasteiger partial charge < -0.3 is 4.74 Å². The van der Waals surface area contributed by atoms with E-state index >= 15 is 0 Å². The zero-order valence-corrected chi connectivity index (χ0v) is 12.4. The monoisotopic (exact) mass is 262 g/mol. The van der Waals surface area contributed by atoms with E-state index in [2.05, 4.69) is 20.8 Å². The van der Waals surface area contributed by atoms with Gasteiger partial charge in [0, 0.05) is 5.92 Å². The molecule has 2 nitrogen and oxygen atoms in total. The number of carbonyl (C=O) groups is 1. The molecule has 1 aromatic carbocycles. The third-order valence-electron chi connectivity index (χ3n) is 3.38. The van der Waals surface area contributed by atoms with Crippen molar-refractivity contribution in [2.75, 3.05) is 6.61 Å². The fourth-order valence-electron chi connectivity index (χ4n) is 2.20. The number of ketones is 1. The highest BCUT2D eigenvalue weighted by Crippen LogP contribution is 2.25. The van der Waals surface area contributed by atoms with E-state index in [1.54, 1.807) is 0 Å². The van der Waals surface area contributed by atoms with Gasteiger partial charge in [-0.25, -0.2) is 0 Å². The van der Waals surface area contributed by atoms with Crippen LogP contribution >= 0.6 is 0 Å². The van der Waals surface area contributed by atoms with Gasteiger partial charge in [0.1, 0.15) is 5.75 Å². The molecule has 2 heteroatoms. The molecule has 0 bridgehead atoms. The standard InChI is InChI=1S/C17H26O2/c1-4-7-10-14(6-3)17(18)15-11-8-9-12-16(15)19-13-5-2/h8-9,11-12,14H,4-7,10,13H2,1-3H3. The molecule has 0 fully saturated rings. The van der Waals surface area contributed by atoms with Crippen LogP contribution in [-0.4, -0.2) is 12.4 Å². The number of hydrogen-bond donors (Lipinski definition) is 0. The molecule has 0 heterocycles. The van der Waals surface area contributed by atoms with E-state index in [0.717, 1.165) is 43.4 Å². The first-order valence-corrected chi connectivity index (χ1v) is 7.50. The molecule has 1 rings (SSSR count). The number of carbonyl (C=O) groups excluding carboxylic acids is 1. The fourth-order valence-corrected chi connectivity index (χ4v) is 2.20. The molecule has 1 atom stereocenters. The topological polar surface area (TPSA) is 26.3 Å². The third-order valence-corrected chi connectivity index (χ3v) is 3.38. The van der Waals surface area contributed by atoms with Gasteiger partial charge in [0.2, 0.25) is 0 Å². The summed E-state index contributed by atoms with van der Waals surface area (Å²) in [7, 11) is 0. The lowest BCUT2D eigenvalue weighted by Crippen LogP contribution is -2.15. The summed E-state index contributed by atoms with van der Waals surface area (Å²) in [6.45, 7) is 6.99. The summed E-state index contributed by atoms with van der Waals surface area (Å²) in [5.41, 5.74) is 0.749. The molecule has 0 spiro atoms. The number of Topliss-reactive ketones (excluding diaryl/α,β-unsaturated/α-hetero) is 1. The lowest BCUT2D eigenvalue weighted by molar-refractivity contribution is 0.0904. The normalized spacial score (nSPS) is 12.2. The van der Waals surface area contributed by atoms with Crippen LogP contribution in [0.15, 0.2) is 24.3 Å². The molecule has 0 saturated carbocycles. The molecule has 0 amide bonds. The van der Waals surface area contributed by atoms with E-state index in [1.807, 2.05) is 24.3 Å². The second-order valence-corrected chi connectivity index (χ2v) is 4.96. The van der Waals surface area contributed by atoms with Crippen molar-refractivity contribution in [2.24, 2.45) is 5.92 Å². The summed E-state index contributed by atoms with van der Waals surface area (Å²) in [5, 5.41) is 0. The second-order valence-electron chi connectivity index (χ2n) is 4.96. The maximum atomic E-state index is 12.6. The lowest BCUT2D eigenvalue weighted by Gasteiger charge is -2.16. The Morgan fingerprint density at radius 3 is 2.53 bits per heavy atom. The van der Waals surface area contributed by atoms with Crippen LogP contribution in [0.25, 0.3) is 0 Å². The van der Waals surface area contributed by atoms with E-state index in [-0.39, 0.29) is 11.7 Å². The zero-order chi connectivity index (χ0) is 14.1. The Morgan fingerprint density at radius 1 is 1.16 bits per heavy atom. The molecule has 0 aliphatic rings. The summed E-state index contributed by atoms with van der Waals surface area (Å²) in [5.74, 6) is 1.11. The van der Waals surface area contributed by atoms with Crippen molar-refractivity contribution in [3.05, 3.63) is 29.8 Å². The minimum Gasteiger partial charge on any atom is -0.493 e. The fraction of sp³-hybridized carbons (Fsp3) is 0.588. The Morgan fingerprint density at radius 2 is 1.89 bits per heavy atom. The van der Waals surface area contributed by atoms with Gasteiger partial charge in [-0.1, -0.05) is 45.7 Å². The first-order chi connectivity index (χ1) is 9.24. The first kappa shape index (κ1) is 15.7. The molecule has 0 radical (unpaired) electrons. The summed E-state index contributed by atoms with van der Waals surface area (Å²) in [4.78, 5) is 12.6. The Hall–Kier alpha value is -1.31. The van der Waals surface area contributed by atoms with Crippen LogP contribution in [0, 0.1) is 5.92 Å². The van der Waals surface area contributed by atoms with Crippen molar-refractivity contribution in [1.82, 2.24) is 0 Å². The van der Waals surface area contributed by atoms with Crippen LogP contribution in [0.3, 0.4) is 0 Å². The zero-order valence-electron chi connectivity index (χ0n) is 12.4. The molecule has 0 saturated heterocycles. The summed E-state index contributed by atoms with van der Waals surface area (Å²) >= 11 is 0. The minimum atomic E-state index is 0.131. The highest BCUT2D eigenvalue weighted by atomic mass is 16.5. The number of ether oxygens (including phenoxy) is 1. The molecule has 0 N–H and O–H groups in total. The van der Waals surface area contributed by atoms with Crippen LogP contribution < -0.4 is 4.74 Å². The summed E-state index contributed by atoms with van der Waals surface area (Å²) < 4.78 is 5.69. The smallest absolute Gasteiger partial charge is 0.169 e. The average molecular weight is 262 g/mol. The van der Waals surface area contributed by atoms with E-state index in [0.29, 0.717) is 6.61 Å². The second kappa shape index (κ2) is 8.73. The SMILES string of the molecule is CCCCC(CC)C(=O)c1ccccc1OCCC. The Bertz CT molecular complexity index is 385. The Labute approximate surface area is 117 Å². The lowest BCUT2D eigenvalue weighted by atomic mass is 9.90. The molecule has 0 aliphatic carbocycles. The van der Waals surface area contributed by atoms with Crippen molar-refractivity contribution < 1.29 is 9.53 Å². The van der Waals surface area contributed by atoms with Gasteiger partial charge in [-0.15, -0.1) is 0 Å². The molecule has 1 unspecified atom stereocenters. The third kappa shape index (κ3) is 4.70. The molecule has 0 aliphatic heterocycles. The van der Waals surface area contributed by atoms with Gasteiger partial charge >= 0.3 is 0 Å². The van der Waals surface area contributed by atoms with Crippen LogP contribution in [0.1, 0.15) is 63.2 Å². The van der Waals surface area contributed by atoms with Crippen molar-refractivity contribution in [1.29, 1.82) is 0 Å². The maximum Gasteiger partial charge on any atom is 0.169 e. The highest BCUT2D eigenvalue weighted by Gasteiger charge is 2.20. The largest absolute Gasteiger partial charge is 0.493 e. The van der Waals surface area contributed by atoms with E-state index in [1.165, 1.54) is 0 Å². The predicted molar refractivity (Wildman–Crippen MR) is 79.9 cm³/mol. The van der Waals surface area contributed by atoms with Gasteiger partial charge in [-0.05, 0) is 31.4 Å². The minimum absolute atomic E-state index is 0.131. The molecular weight excluding hydrogens is 236 g/mol. The number of para-hydroxylation sites is 1. The molecule has 1 aromatic rings. The van der Waals surface area contributed by atoms with E-state index in [9.17, 15) is 4.79 Å². The van der Waals surface area contributed by atoms with Gasteiger partial charge in [-0.3, -0.25) is 4.79 Å². The molecular formula is C17H26O2. The van der Waals surface area contributed by atoms with E-state index in [4.69, 9.17) is 4.74 Å². The number of benzene rings is 1. The van der Waals surface area contributed by atoms with Gasteiger partial charge in [0.25, 0.3) is 0 Å². The first-order valence-electron chi connectivity index (χ1n) is 7.50. The predicted octanol–water partition coefficient (Wildman–Crippen LogP) is 4.87. The van der Waals surface area contributed by atoms with Gasteiger partial charge in [-0.2, -0.15) is 0 Å². The average Bonchev–Trinajstić information content (AvgIpc) is 2.46. The van der Waals surface area contributed by atoms with Crippen LogP contribution in [0.2, 0.25) is 0 Å². The van der Waals surface area contributed by atoms with Gasteiger partial charge in [0.05, 0.1) is 12.2 Å². The number of hydrogen-bond acceptors (Lipinski definition) is 2. The van der Waals surface area contributed by atoms with E-state index < -0.39 is 0 Å². The van der Waals surface area contributed by atoms with Crippen molar-refractivity contribution in [3.8, 4) is 5.75 Å². The van der Waals surface area contributed by atoms with Gasteiger partial charge in [0.15, 0.2) is 5.78 Å². The Balaban J connectivity index is 2.84. The van der Waals surface area contributed by atoms with Crippen molar-refractivity contribution >= 4 is 5.78 Å². The van der Waals surface area contributed by atoms with Crippen LogP contribution in [-0.2, 0) is 0 Å².